The molecule has 18 heteroatoms. The maximum absolute atomic E-state index is 17.0. The van der Waals surface area contributed by atoms with Gasteiger partial charge in [-0.1, -0.05) is 70.2 Å². The molecule has 3 amide bonds. The molecule has 0 radical (unpaired) electrons. The van der Waals surface area contributed by atoms with Gasteiger partial charge in [-0.15, -0.1) is 11.3 Å². The van der Waals surface area contributed by atoms with Crippen molar-refractivity contribution in [2.24, 2.45) is 17.3 Å². The van der Waals surface area contributed by atoms with Crippen molar-refractivity contribution in [1.82, 2.24) is 50.6 Å². The normalized spacial score (nSPS) is 20.9. The SMILES string of the molecule is CCc1cccc2cc(O)cc(-c3ncc4c(N5CC6CCC(C5)N6)nc(OCCN5CCC(CC6CCN(CC(=O)NC(C)C(C)(C)C)CC6)CC5)nc4c3F)c12.Cc1ncsc1-c1ccc(C(C)NC(=O)C2CCCN2C=O)cc1. The maximum Gasteiger partial charge on any atom is 0.319 e. The van der Waals surface area contributed by atoms with E-state index in [1.54, 1.807) is 34.6 Å². The summed E-state index contributed by atoms with van der Waals surface area (Å²) in [7, 11) is 0. The summed E-state index contributed by atoms with van der Waals surface area (Å²) in [4.78, 5) is 64.4. The fourth-order valence-electron chi connectivity index (χ4n) is 12.8. The molecule has 2 bridgehead atoms. The van der Waals surface area contributed by atoms with E-state index < -0.39 is 5.82 Å². The third kappa shape index (κ3) is 13.8. The molecule has 438 valence electrons. The molecule has 5 saturated heterocycles. The number of halogens is 1. The average molecular weight is 1140 g/mol. The lowest BCUT2D eigenvalue weighted by molar-refractivity contribution is -0.131. The van der Waals surface area contributed by atoms with Crippen LogP contribution in [-0.4, -0.2) is 148 Å². The molecule has 5 aliphatic rings. The summed E-state index contributed by atoms with van der Waals surface area (Å²) in [6.45, 7) is 22.6. The van der Waals surface area contributed by atoms with Crippen LogP contribution in [0.2, 0.25) is 0 Å². The first kappa shape index (κ1) is 58.8. The molecule has 0 spiro atoms. The van der Waals surface area contributed by atoms with Crippen molar-refractivity contribution < 1.29 is 28.6 Å². The van der Waals surface area contributed by atoms with Crippen LogP contribution in [0.5, 0.6) is 11.8 Å². The minimum atomic E-state index is -0.536. The van der Waals surface area contributed by atoms with Crippen LogP contribution in [0.4, 0.5) is 10.2 Å². The third-order valence-electron chi connectivity index (χ3n) is 18.1. The topological polar surface area (TPSA) is 181 Å². The number of phenols is 1. The largest absolute Gasteiger partial charge is 0.508 e. The van der Waals surface area contributed by atoms with E-state index in [1.807, 2.05) is 49.7 Å². The van der Waals surface area contributed by atoms with Crippen molar-refractivity contribution in [3.8, 4) is 33.5 Å². The standard InChI is InChI=1S/C46H63FN8O3.C18H21N3O2S/c1-6-32-8-7-9-33-23-36(56)24-37(40(32)33)42-41(47)43-38(25-48-42)44(55-26-34-10-11-35(27-55)50-34)52-45(51-43)58-21-20-53-16-12-30(13-17-53)22-31-14-18-54(19-15-31)28-39(57)49-29(2)46(3,4)5;1-12(20-18(23)16-4-3-9-21(16)11-22)14-5-7-15(8-6-14)17-13(2)19-10-24-17/h7-9,23-25,29-31,34-35,50,56H,6,10-22,26-28H2,1-5H3,(H,49,57);5-8,10-12,16H,3-4,9H2,1-2H3,(H,20,23). The van der Waals surface area contributed by atoms with E-state index in [1.165, 1.54) is 37.0 Å². The first-order chi connectivity index (χ1) is 39.5. The fourth-order valence-corrected chi connectivity index (χ4v) is 13.6. The van der Waals surface area contributed by atoms with E-state index in [9.17, 15) is 19.5 Å². The molecule has 5 unspecified atom stereocenters. The Hall–Kier alpha value is -6.34. The highest BCUT2D eigenvalue weighted by Gasteiger charge is 2.35. The van der Waals surface area contributed by atoms with Crippen LogP contribution in [0.1, 0.15) is 122 Å². The number of anilines is 1. The van der Waals surface area contributed by atoms with Crippen LogP contribution in [0.25, 0.3) is 43.4 Å². The number of rotatable bonds is 17. The number of likely N-dealkylation sites (tertiary alicyclic amines) is 3. The number of thiazole rings is 1. The van der Waals surface area contributed by atoms with Crippen LogP contribution >= 0.6 is 11.3 Å². The quantitative estimate of drug-likeness (QED) is 0.0635. The first-order valence-electron chi connectivity index (χ1n) is 30.0. The highest BCUT2D eigenvalue weighted by molar-refractivity contribution is 7.13. The second-order valence-corrected chi connectivity index (χ2v) is 25.6. The lowest BCUT2D eigenvalue weighted by Crippen LogP contribution is -2.51. The van der Waals surface area contributed by atoms with Gasteiger partial charge < -0.3 is 35.6 Å². The number of aryl methyl sites for hydroxylation is 2. The lowest BCUT2D eigenvalue weighted by Gasteiger charge is -2.37. The van der Waals surface area contributed by atoms with E-state index in [-0.39, 0.29) is 58.3 Å². The first-order valence-corrected chi connectivity index (χ1v) is 30.9. The number of hydrogen-bond acceptors (Lipinski definition) is 14. The Kier molecular flexibility index (Phi) is 18.7. The molecule has 3 aromatic carbocycles. The summed E-state index contributed by atoms with van der Waals surface area (Å²) in [5.41, 5.74) is 7.08. The van der Waals surface area contributed by atoms with Gasteiger partial charge in [0.1, 0.15) is 35.4 Å². The van der Waals surface area contributed by atoms with E-state index in [2.05, 4.69) is 82.4 Å². The lowest BCUT2D eigenvalue weighted by atomic mass is 9.83. The monoisotopic (exact) mass is 1140 g/mol. The molecular formula is C64H84FN11O5S. The van der Waals surface area contributed by atoms with Gasteiger partial charge in [0, 0.05) is 56.1 Å². The molecule has 0 aliphatic carbocycles. The van der Waals surface area contributed by atoms with E-state index in [0.29, 0.717) is 48.5 Å². The molecule has 16 nitrogen and oxygen atoms in total. The zero-order valence-electron chi connectivity index (χ0n) is 49.1. The number of piperazine rings is 1. The van der Waals surface area contributed by atoms with Crippen LogP contribution < -0.4 is 25.6 Å². The molecule has 3 aromatic heterocycles. The number of hydrogen-bond donors (Lipinski definition) is 4. The van der Waals surface area contributed by atoms with Gasteiger partial charge in [-0.25, -0.2) is 9.37 Å². The molecule has 0 saturated carbocycles. The molecule has 82 heavy (non-hydrogen) atoms. The van der Waals surface area contributed by atoms with Crippen molar-refractivity contribution >= 4 is 57.1 Å². The Bertz CT molecular complexity index is 3180. The molecule has 5 fully saturated rings. The number of benzene rings is 3. The summed E-state index contributed by atoms with van der Waals surface area (Å²) in [5, 5.41) is 22.9. The Morgan fingerprint density at radius 3 is 2.27 bits per heavy atom. The Morgan fingerprint density at radius 1 is 0.902 bits per heavy atom. The number of pyridine rings is 1. The van der Waals surface area contributed by atoms with Gasteiger partial charge >= 0.3 is 6.01 Å². The molecule has 5 atom stereocenters. The van der Waals surface area contributed by atoms with Gasteiger partial charge in [-0.3, -0.25) is 29.2 Å². The summed E-state index contributed by atoms with van der Waals surface area (Å²) in [6, 6.07) is 18.1. The van der Waals surface area contributed by atoms with Crippen molar-refractivity contribution in [2.45, 2.75) is 143 Å². The average Bonchev–Trinajstić information content (AvgIpc) is 4.29. The number of carbonyl (C=O) groups excluding carboxylic acids is 3. The van der Waals surface area contributed by atoms with Crippen molar-refractivity contribution in [3.63, 3.8) is 0 Å². The highest BCUT2D eigenvalue weighted by Crippen LogP contribution is 2.40. The zero-order chi connectivity index (χ0) is 57.7. The zero-order valence-corrected chi connectivity index (χ0v) is 49.9. The summed E-state index contributed by atoms with van der Waals surface area (Å²) >= 11 is 1.63. The third-order valence-corrected chi connectivity index (χ3v) is 19.1. The number of piperidine rings is 2. The number of ether oxygens (including phenoxy) is 1. The Balaban J connectivity index is 0.000000261. The predicted molar refractivity (Wildman–Crippen MR) is 324 cm³/mol. The minimum Gasteiger partial charge on any atom is -0.508 e. The molecule has 11 rings (SSSR count). The highest BCUT2D eigenvalue weighted by atomic mass is 32.1. The molecule has 6 aromatic rings. The molecule has 5 aliphatic heterocycles. The van der Waals surface area contributed by atoms with E-state index >= 15 is 4.39 Å². The second kappa shape index (κ2) is 26.1. The number of phenolic OH excluding ortho intramolecular Hbond substituents is 1. The summed E-state index contributed by atoms with van der Waals surface area (Å²) < 4.78 is 23.3. The van der Waals surface area contributed by atoms with Crippen molar-refractivity contribution in [2.75, 3.05) is 70.4 Å². The van der Waals surface area contributed by atoms with Gasteiger partial charge in [-0.2, -0.15) is 9.97 Å². The number of fused-ring (bicyclic) bond motifs is 4. The van der Waals surface area contributed by atoms with Gasteiger partial charge in [0.2, 0.25) is 18.2 Å². The smallest absolute Gasteiger partial charge is 0.319 e. The van der Waals surface area contributed by atoms with Gasteiger partial charge in [0.15, 0.2) is 5.82 Å². The van der Waals surface area contributed by atoms with Gasteiger partial charge in [0.25, 0.3) is 0 Å². The van der Waals surface area contributed by atoms with Crippen molar-refractivity contribution in [1.29, 1.82) is 0 Å². The molecule has 8 heterocycles. The number of amides is 3. The molecule has 4 N–H and O–H groups in total. The van der Waals surface area contributed by atoms with E-state index in [0.717, 1.165) is 129 Å². The molecular weight excluding hydrogens is 1050 g/mol. The van der Waals surface area contributed by atoms with Crippen LogP contribution in [0, 0.1) is 30.0 Å². The minimum absolute atomic E-state index is 0.0569. The maximum atomic E-state index is 17.0. The van der Waals surface area contributed by atoms with Crippen LogP contribution in [-0.2, 0) is 20.8 Å². The van der Waals surface area contributed by atoms with Crippen LogP contribution in [0.3, 0.4) is 0 Å². The fraction of sp³-hybridized carbons (Fsp3) is 0.547. The predicted octanol–water partition coefficient (Wildman–Crippen LogP) is 9.85. The number of nitrogens with zero attached hydrogens (tertiary/aromatic N) is 8. The second-order valence-electron chi connectivity index (χ2n) is 24.8. The van der Waals surface area contributed by atoms with Gasteiger partial charge in [-0.05, 0) is 168 Å². The Labute approximate surface area is 487 Å². The van der Waals surface area contributed by atoms with Crippen molar-refractivity contribution in [3.05, 3.63) is 88.9 Å². The number of nitrogens with one attached hydrogen (secondary N) is 3. The number of carbonyl (C=O) groups is 3. The summed E-state index contributed by atoms with van der Waals surface area (Å²) in [5.74, 6) is 1.72. The number of aromatic hydroxyl groups is 1. The van der Waals surface area contributed by atoms with E-state index in [4.69, 9.17) is 19.7 Å². The Morgan fingerprint density at radius 2 is 1.61 bits per heavy atom. The van der Waals surface area contributed by atoms with Gasteiger partial charge in [0.05, 0.1) is 34.1 Å². The summed E-state index contributed by atoms with van der Waals surface area (Å²) in [6.07, 6.45) is 13.0. The number of aromatic nitrogens is 4. The van der Waals surface area contributed by atoms with Crippen LogP contribution in [0.15, 0.2) is 66.3 Å².